The van der Waals surface area contributed by atoms with E-state index in [0.717, 1.165) is 5.56 Å². The second-order valence-electron chi connectivity index (χ2n) is 3.96. The van der Waals surface area contributed by atoms with Crippen LogP contribution in [0, 0.1) is 5.82 Å². The Labute approximate surface area is 127 Å². The lowest BCUT2D eigenvalue weighted by atomic mass is 10.2. The maximum Gasteiger partial charge on any atom is 0.339 e. The molecule has 104 valence electrons. The molecule has 0 aliphatic carbocycles. The topological polar surface area (TPSA) is 62.2 Å². The first-order valence-corrected chi connectivity index (χ1v) is 6.71. The molecule has 0 aliphatic heterocycles. The van der Waals surface area contributed by atoms with Gasteiger partial charge in [0.2, 0.25) is 0 Å². The first-order valence-electron chi connectivity index (χ1n) is 5.54. The van der Waals surface area contributed by atoms with Gasteiger partial charge in [0.15, 0.2) is 0 Å². The number of rotatable bonds is 4. The summed E-state index contributed by atoms with van der Waals surface area (Å²) in [4.78, 5) is 15.1. The number of nitrogens with one attached hydrogen (secondary N) is 1. The van der Waals surface area contributed by atoms with Crippen molar-refractivity contribution in [2.75, 3.05) is 5.32 Å². The van der Waals surface area contributed by atoms with Gasteiger partial charge >= 0.3 is 5.97 Å². The second kappa shape index (κ2) is 6.19. The van der Waals surface area contributed by atoms with Gasteiger partial charge in [-0.05, 0) is 39.7 Å². The number of anilines is 1. The Balaban J connectivity index is 2.18. The average Bonchev–Trinajstić information content (AvgIpc) is 2.41. The third-order valence-corrected chi connectivity index (χ3v) is 3.25. The van der Waals surface area contributed by atoms with Crippen molar-refractivity contribution in [1.29, 1.82) is 0 Å². The van der Waals surface area contributed by atoms with Gasteiger partial charge in [0.1, 0.15) is 17.2 Å². The molecule has 1 heterocycles. The van der Waals surface area contributed by atoms with Gasteiger partial charge in [-0.15, -0.1) is 0 Å². The molecule has 0 radical (unpaired) electrons. The molecule has 0 aliphatic rings. The van der Waals surface area contributed by atoms with E-state index in [-0.39, 0.29) is 22.9 Å². The van der Waals surface area contributed by atoms with E-state index in [1.54, 1.807) is 6.07 Å². The van der Waals surface area contributed by atoms with Crippen LogP contribution in [0.15, 0.2) is 34.9 Å². The number of hydrogen-bond donors (Lipinski definition) is 2. The molecule has 0 saturated carbocycles. The van der Waals surface area contributed by atoms with E-state index in [2.05, 4.69) is 26.2 Å². The number of carboxylic acid groups (broad SMARTS) is 1. The van der Waals surface area contributed by atoms with Crippen LogP contribution in [0.25, 0.3) is 0 Å². The van der Waals surface area contributed by atoms with Crippen LogP contribution in [0.3, 0.4) is 0 Å². The normalized spacial score (nSPS) is 10.3. The van der Waals surface area contributed by atoms with Crippen LogP contribution in [0.5, 0.6) is 0 Å². The summed E-state index contributed by atoms with van der Waals surface area (Å²) in [7, 11) is 0. The van der Waals surface area contributed by atoms with Gasteiger partial charge in [0.25, 0.3) is 0 Å². The predicted molar refractivity (Wildman–Crippen MR) is 77.6 cm³/mol. The molecule has 0 fully saturated rings. The van der Waals surface area contributed by atoms with Gasteiger partial charge in [-0.25, -0.2) is 14.2 Å². The van der Waals surface area contributed by atoms with Crippen LogP contribution >= 0.6 is 27.5 Å². The molecule has 1 aromatic heterocycles. The number of carboxylic acids is 1. The zero-order valence-electron chi connectivity index (χ0n) is 10.0. The molecular weight excluding hydrogens is 351 g/mol. The van der Waals surface area contributed by atoms with E-state index in [0.29, 0.717) is 4.47 Å². The fourth-order valence-electron chi connectivity index (χ4n) is 1.58. The molecule has 0 unspecified atom stereocenters. The molecule has 2 rings (SSSR count). The molecule has 2 N–H and O–H groups in total. The smallest absolute Gasteiger partial charge is 0.339 e. The minimum absolute atomic E-state index is 0.0199. The van der Waals surface area contributed by atoms with E-state index < -0.39 is 11.8 Å². The molecule has 20 heavy (non-hydrogen) atoms. The van der Waals surface area contributed by atoms with Crippen molar-refractivity contribution < 1.29 is 14.3 Å². The van der Waals surface area contributed by atoms with Gasteiger partial charge in [-0.2, -0.15) is 0 Å². The van der Waals surface area contributed by atoms with Crippen molar-refractivity contribution in [3.8, 4) is 0 Å². The summed E-state index contributed by atoms with van der Waals surface area (Å²) < 4.78 is 13.6. The summed E-state index contributed by atoms with van der Waals surface area (Å²) >= 11 is 8.84. The highest BCUT2D eigenvalue weighted by molar-refractivity contribution is 9.10. The minimum atomic E-state index is -1.08. The Hall–Kier alpha value is -1.66. The summed E-state index contributed by atoms with van der Waals surface area (Å²) in [6.07, 6.45) is 1.49. The Kier molecular flexibility index (Phi) is 4.57. The van der Waals surface area contributed by atoms with Crippen LogP contribution in [0.2, 0.25) is 5.02 Å². The number of benzene rings is 1. The number of hydrogen-bond acceptors (Lipinski definition) is 3. The number of aromatic carboxylic acids is 1. The molecule has 0 saturated heterocycles. The maximum atomic E-state index is 13.0. The van der Waals surface area contributed by atoms with E-state index in [1.807, 2.05) is 0 Å². The Morgan fingerprint density at radius 1 is 1.45 bits per heavy atom. The lowest BCUT2D eigenvalue weighted by Crippen LogP contribution is -2.08. The van der Waals surface area contributed by atoms with Gasteiger partial charge in [0, 0.05) is 17.2 Å². The van der Waals surface area contributed by atoms with Crippen molar-refractivity contribution in [2.45, 2.75) is 6.54 Å². The molecule has 0 atom stereocenters. The lowest BCUT2D eigenvalue weighted by molar-refractivity contribution is 0.0697. The van der Waals surface area contributed by atoms with E-state index in [9.17, 15) is 9.18 Å². The van der Waals surface area contributed by atoms with Crippen LogP contribution in [-0.2, 0) is 6.54 Å². The summed E-state index contributed by atoms with van der Waals surface area (Å²) in [5.74, 6) is -1.34. The van der Waals surface area contributed by atoms with Crippen molar-refractivity contribution in [1.82, 2.24) is 4.98 Å². The molecule has 4 nitrogen and oxygen atoms in total. The molecule has 0 amide bonds. The van der Waals surface area contributed by atoms with Gasteiger partial charge in [-0.3, -0.25) is 0 Å². The Morgan fingerprint density at radius 3 is 2.85 bits per heavy atom. The quantitative estimate of drug-likeness (QED) is 0.868. The molecule has 1 aromatic carbocycles. The Morgan fingerprint density at radius 2 is 2.20 bits per heavy atom. The number of nitrogens with zero attached hydrogens (tertiary/aromatic N) is 1. The number of carbonyl (C=O) groups is 1. The molecule has 0 spiro atoms. The predicted octanol–water partition coefficient (Wildman–Crippen LogP) is 3.95. The molecule has 0 bridgehead atoms. The number of aromatic nitrogens is 1. The lowest BCUT2D eigenvalue weighted by Gasteiger charge is -2.09. The van der Waals surface area contributed by atoms with E-state index in [1.165, 1.54) is 24.4 Å². The molecule has 2 aromatic rings. The monoisotopic (exact) mass is 358 g/mol. The SMILES string of the molecule is O=C(O)c1cc(Br)cnc1NCc1ccc(F)c(Cl)c1. The van der Waals surface area contributed by atoms with Gasteiger partial charge in [0.05, 0.1) is 5.02 Å². The molecular formula is C13H9BrClFN2O2. The zero-order chi connectivity index (χ0) is 14.7. The highest BCUT2D eigenvalue weighted by Gasteiger charge is 2.12. The fraction of sp³-hybridized carbons (Fsp3) is 0.0769. The number of halogens is 3. The zero-order valence-corrected chi connectivity index (χ0v) is 12.4. The van der Waals surface area contributed by atoms with Crippen molar-refractivity contribution in [2.24, 2.45) is 0 Å². The van der Waals surface area contributed by atoms with Gasteiger partial charge in [-0.1, -0.05) is 17.7 Å². The van der Waals surface area contributed by atoms with Crippen molar-refractivity contribution in [3.63, 3.8) is 0 Å². The largest absolute Gasteiger partial charge is 0.478 e. The van der Waals surface area contributed by atoms with Crippen LogP contribution < -0.4 is 5.32 Å². The highest BCUT2D eigenvalue weighted by atomic mass is 79.9. The summed E-state index contributed by atoms with van der Waals surface area (Å²) in [5, 5.41) is 12.0. The third-order valence-electron chi connectivity index (χ3n) is 2.53. The highest BCUT2D eigenvalue weighted by Crippen LogP contribution is 2.20. The summed E-state index contributed by atoms with van der Waals surface area (Å²) in [6, 6.07) is 5.75. The van der Waals surface area contributed by atoms with Crippen LogP contribution in [0.1, 0.15) is 15.9 Å². The van der Waals surface area contributed by atoms with Crippen molar-refractivity contribution >= 4 is 39.3 Å². The first kappa shape index (κ1) is 14.7. The second-order valence-corrected chi connectivity index (χ2v) is 5.28. The number of pyridine rings is 1. The molecule has 7 heteroatoms. The van der Waals surface area contributed by atoms with Crippen LogP contribution in [-0.4, -0.2) is 16.1 Å². The van der Waals surface area contributed by atoms with Gasteiger partial charge < -0.3 is 10.4 Å². The summed E-state index contributed by atoms with van der Waals surface area (Å²) in [5.41, 5.74) is 0.769. The van der Waals surface area contributed by atoms with Crippen LogP contribution in [0.4, 0.5) is 10.2 Å². The van der Waals surface area contributed by atoms with E-state index in [4.69, 9.17) is 16.7 Å². The fourth-order valence-corrected chi connectivity index (χ4v) is 2.11. The summed E-state index contributed by atoms with van der Waals surface area (Å²) in [6.45, 7) is 0.287. The Bertz CT molecular complexity index is 667. The average molecular weight is 360 g/mol. The minimum Gasteiger partial charge on any atom is -0.478 e. The third kappa shape index (κ3) is 3.46. The standard InChI is InChI=1S/C13H9BrClFN2O2/c14-8-4-9(13(19)20)12(18-6-8)17-5-7-1-2-11(16)10(15)3-7/h1-4,6H,5H2,(H,17,18)(H,19,20). The maximum absolute atomic E-state index is 13.0. The van der Waals surface area contributed by atoms with Crippen molar-refractivity contribution in [3.05, 3.63) is 56.9 Å². The van der Waals surface area contributed by atoms with E-state index >= 15 is 0 Å². The first-order chi connectivity index (χ1) is 9.47.